The molecule has 0 spiro atoms. The molecule has 2 amide bonds. The molecule has 2 aliphatic rings. The summed E-state index contributed by atoms with van der Waals surface area (Å²) in [5, 5.41) is 0. The van der Waals surface area contributed by atoms with Crippen molar-refractivity contribution in [1.82, 2.24) is 19.1 Å². The lowest BCUT2D eigenvalue weighted by atomic mass is 10.0. The van der Waals surface area contributed by atoms with Gasteiger partial charge in [-0.05, 0) is 68.0 Å². The largest absolute Gasteiger partial charge is 0.339 e. The highest BCUT2D eigenvalue weighted by Gasteiger charge is 2.32. The number of hydrogen-bond donors (Lipinski definition) is 0. The molecule has 0 unspecified atom stereocenters. The molecule has 4 rings (SSSR count). The summed E-state index contributed by atoms with van der Waals surface area (Å²) in [6.07, 6.45) is 3.60. The molecule has 2 aliphatic heterocycles. The number of carbonyl (C=O) groups is 2. The van der Waals surface area contributed by atoms with Gasteiger partial charge in [-0.2, -0.15) is 4.31 Å². The van der Waals surface area contributed by atoms with E-state index in [1.54, 1.807) is 33.3 Å². The molecule has 0 atom stereocenters. The van der Waals surface area contributed by atoms with Gasteiger partial charge in [0, 0.05) is 56.7 Å². The smallest absolute Gasteiger partial charge is 0.254 e. The fourth-order valence-corrected chi connectivity index (χ4v) is 6.49. The number of sulfonamides is 1. The highest BCUT2D eigenvalue weighted by Crippen LogP contribution is 2.28. The maximum Gasteiger partial charge on any atom is 0.254 e. The molecule has 9 heteroatoms. The van der Waals surface area contributed by atoms with Gasteiger partial charge >= 0.3 is 0 Å². The fraction of sp³-hybridized carbons (Fsp3) is 0.500. The zero-order chi connectivity index (χ0) is 25.2. The number of rotatable bonds is 5. The van der Waals surface area contributed by atoms with Crippen LogP contribution < -0.4 is 0 Å². The van der Waals surface area contributed by atoms with E-state index in [9.17, 15) is 18.0 Å². The lowest BCUT2D eigenvalue weighted by Gasteiger charge is -2.35. The molecule has 0 radical (unpaired) electrons. The van der Waals surface area contributed by atoms with Crippen molar-refractivity contribution in [3.63, 3.8) is 0 Å². The highest BCUT2D eigenvalue weighted by atomic mass is 32.2. The SMILES string of the molecule is Cc1cc(C(=O)N2CCN(C(=O)Cc3ccccn3)CC2)cc(S(=O)(=O)N2CCC(C)CC2)c1C. The Morgan fingerprint density at radius 2 is 1.63 bits per heavy atom. The number of hydrogen-bond acceptors (Lipinski definition) is 5. The maximum atomic E-state index is 13.4. The van der Waals surface area contributed by atoms with Crippen molar-refractivity contribution in [2.45, 2.75) is 44.9 Å². The van der Waals surface area contributed by atoms with Gasteiger partial charge < -0.3 is 9.80 Å². The minimum absolute atomic E-state index is 0.00814. The van der Waals surface area contributed by atoms with Crippen LogP contribution in [0.15, 0.2) is 41.4 Å². The number of benzene rings is 1. The van der Waals surface area contributed by atoms with Crippen LogP contribution in [0.3, 0.4) is 0 Å². The average Bonchev–Trinajstić information content (AvgIpc) is 2.86. The minimum atomic E-state index is -3.67. The quantitative estimate of drug-likeness (QED) is 0.632. The standard InChI is InChI=1S/C26H34N4O4S/c1-19-7-10-30(11-8-19)35(33,34)24-17-22(16-20(2)21(24)3)26(32)29-14-12-28(13-15-29)25(31)18-23-6-4-5-9-27-23/h4-6,9,16-17,19H,7-8,10-15,18H2,1-3H3. The molecule has 2 fully saturated rings. The molecule has 0 saturated carbocycles. The monoisotopic (exact) mass is 498 g/mol. The van der Waals surface area contributed by atoms with Crippen molar-refractivity contribution in [2.75, 3.05) is 39.3 Å². The summed E-state index contributed by atoms with van der Waals surface area (Å²) in [6.45, 7) is 8.51. The van der Waals surface area contributed by atoms with Crippen LogP contribution >= 0.6 is 0 Å². The van der Waals surface area contributed by atoms with E-state index in [0.29, 0.717) is 56.3 Å². The van der Waals surface area contributed by atoms with Crippen molar-refractivity contribution in [3.05, 3.63) is 58.9 Å². The van der Waals surface area contributed by atoms with Crippen LogP contribution in [-0.4, -0.2) is 78.6 Å². The summed E-state index contributed by atoms with van der Waals surface area (Å²) in [7, 11) is -3.67. The summed E-state index contributed by atoms with van der Waals surface area (Å²) in [4.78, 5) is 33.9. The predicted octanol–water partition coefficient (Wildman–Crippen LogP) is 2.65. The van der Waals surface area contributed by atoms with Crippen molar-refractivity contribution >= 4 is 21.8 Å². The molecule has 0 bridgehead atoms. The van der Waals surface area contributed by atoms with Crippen LogP contribution in [0.1, 0.15) is 46.9 Å². The van der Waals surface area contributed by atoms with Gasteiger partial charge in [-0.25, -0.2) is 8.42 Å². The van der Waals surface area contributed by atoms with Crippen LogP contribution in [0, 0.1) is 19.8 Å². The van der Waals surface area contributed by atoms with E-state index in [4.69, 9.17) is 0 Å². The van der Waals surface area contributed by atoms with Crippen molar-refractivity contribution in [3.8, 4) is 0 Å². The average molecular weight is 499 g/mol. The molecule has 188 valence electrons. The van der Waals surface area contributed by atoms with E-state index >= 15 is 0 Å². The minimum Gasteiger partial charge on any atom is -0.339 e. The second-order valence-electron chi connectivity index (χ2n) is 9.67. The second-order valence-corrected chi connectivity index (χ2v) is 11.6. The van der Waals surface area contributed by atoms with E-state index in [1.165, 1.54) is 6.07 Å². The van der Waals surface area contributed by atoms with Crippen LogP contribution in [0.2, 0.25) is 0 Å². The van der Waals surface area contributed by atoms with Gasteiger partial charge in [0.2, 0.25) is 15.9 Å². The molecule has 0 N–H and O–H groups in total. The highest BCUT2D eigenvalue weighted by molar-refractivity contribution is 7.89. The first kappa shape index (κ1) is 25.3. The summed E-state index contributed by atoms with van der Waals surface area (Å²) >= 11 is 0. The number of aryl methyl sites for hydroxylation is 1. The Balaban J connectivity index is 1.45. The van der Waals surface area contributed by atoms with Gasteiger partial charge in [-0.3, -0.25) is 14.6 Å². The Morgan fingerprint density at radius 3 is 2.26 bits per heavy atom. The molecule has 35 heavy (non-hydrogen) atoms. The Labute approximate surface area is 208 Å². The Morgan fingerprint density at radius 1 is 0.971 bits per heavy atom. The topological polar surface area (TPSA) is 90.9 Å². The van der Waals surface area contributed by atoms with E-state index in [1.807, 2.05) is 25.1 Å². The number of carbonyl (C=O) groups excluding carboxylic acids is 2. The Bertz CT molecular complexity index is 1180. The molecule has 8 nitrogen and oxygen atoms in total. The first-order valence-corrected chi connectivity index (χ1v) is 13.7. The number of piperidine rings is 1. The third-order valence-electron chi connectivity index (χ3n) is 7.21. The molecular weight excluding hydrogens is 464 g/mol. The van der Waals surface area contributed by atoms with E-state index in [-0.39, 0.29) is 23.1 Å². The van der Waals surface area contributed by atoms with Crippen LogP contribution in [0.4, 0.5) is 0 Å². The van der Waals surface area contributed by atoms with Crippen LogP contribution in [-0.2, 0) is 21.2 Å². The van der Waals surface area contributed by atoms with Gasteiger partial charge in [0.15, 0.2) is 0 Å². The first-order chi connectivity index (χ1) is 16.7. The molecule has 2 aromatic rings. The third kappa shape index (κ3) is 5.56. The number of amides is 2. The molecule has 0 aliphatic carbocycles. The fourth-order valence-electron chi connectivity index (χ4n) is 4.69. The summed E-state index contributed by atoms with van der Waals surface area (Å²) in [6, 6.07) is 8.81. The van der Waals surface area contributed by atoms with Crippen LogP contribution in [0.5, 0.6) is 0 Å². The van der Waals surface area contributed by atoms with Gasteiger partial charge in [0.25, 0.3) is 5.91 Å². The summed E-state index contributed by atoms with van der Waals surface area (Å²) in [5.41, 5.74) is 2.57. The third-order valence-corrected chi connectivity index (χ3v) is 9.23. The number of nitrogens with zero attached hydrogens (tertiary/aromatic N) is 4. The Hall–Kier alpha value is -2.78. The van der Waals surface area contributed by atoms with Crippen LogP contribution in [0.25, 0.3) is 0 Å². The molecular formula is C26H34N4O4S. The van der Waals surface area contributed by atoms with Gasteiger partial charge in [-0.15, -0.1) is 0 Å². The number of pyridine rings is 1. The first-order valence-electron chi connectivity index (χ1n) is 12.2. The van der Waals surface area contributed by atoms with Gasteiger partial charge in [-0.1, -0.05) is 13.0 Å². The van der Waals surface area contributed by atoms with E-state index in [0.717, 1.165) is 24.1 Å². The van der Waals surface area contributed by atoms with Gasteiger partial charge in [0.1, 0.15) is 0 Å². The van der Waals surface area contributed by atoms with Crippen molar-refractivity contribution < 1.29 is 18.0 Å². The number of aromatic nitrogens is 1. The second kappa shape index (κ2) is 10.5. The van der Waals surface area contributed by atoms with E-state index in [2.05, 4.69) is 11.9 Å². The van der Waals surface area contributed by atoms with Gasteiger partial charge in [0.05, 0.1) is 11.3 Å². The molecule has 2 saturated heterocycles. The lowest BCUT2D eigenvalue weighted by Crippen LogP contribution is -2.51. The van der Waals surface area contributed by atoms with E-state index < -0.39 is 10.0 Å². The maximum absolute atomic E-state index is 13.4. The normalized spacial score (nSPS) is 18.0. The zero-order valence-corrected chi connectivity index (χ0v) is 21.6. The summed E-state index contributed by atoms with van der Waals surface area (Å²) < 4.78 is 28.4. The molecule has 3 heterocycles. The molecule has 1 aromatic carbocycles. The van der Waals surface area contributed by atoms with Crippen molar-refractivity contribution in [1.29, 1.82) is 0 Å². The molecule has 1 aromatic heterocycles. The lowest BCUT2D eigenvalue weighted by molar-refractivity contribution is -0.132. The number of piperazine rings is 1. The summed E-state index contributed by atoms with van der Waals surface area (Å²) in [5.74, 6) is 0.312. The van der Waals surface area contributed by atoms with Crippen molar-refractivity contribution in [2.24, 2.45) is 5.92 Å². The predicted molar refractivity (Wildman–Crippen MR) is 133 cm³/mol. The Kier molecular flexibility index (Phi) is 7.56. The zero-order valence-electron chi connectivity index (χ0n) is 20.7.